The van der Waals surface area contributed by atoms with E-state index in [9.17, 15) is 19.2 Å². The van der Waals surface area contributed by atoms with Gasteiger partial charge in [0.15, 0.2) is 0 Å². The summed E-state index contributed by atoms with van der Waals surface area (Å²) in [4.78, 5) is 49.7. The summed E-state index contributed by atoms with van der Waals surface area (Å²) >= 11 is 0. The van der Waals surface area contributed by atoms with Gasteiger partial charge in [0.1, 0.15) is 12.1 Å². The van der Waals surface area contributed by atoms with Crippen LogP contribution >= 0.6 is 0 Å². The van der Waals surface area contributed by atoms with Gasteiger partial charge < -0.3 is 31.7 Å². The van der Waals surface area contributed by atoms with Crippen LogP contribution in [-0.4, -0.2) is 60.6 Å². The standard InChI is InChI=1S/C26H41N5O5/c1-16(2)22(31-23(32)17(3)27-4)25(34)30-21(13-7-8-15-28-26(35)36)24(33)29-20-14-9-11-18-10-5-6-12-19(18)20/h5-6,10,12,16-17,20-22,27-28H,7-9,11,13-15H2,1-4H3,(H,29,33)(H,30,34)(H,31,32)(H,35,36). The highest BCUT2D eigenvalue weighted by atomic mass is 16.4. The van der Waals surface area contributed by atoms with Gasteiger partial charge >= 0.3 is 6.09 Å². The van der Waals surface area contributed by atoms with Gasteiger partial charge in [-0.1, -0.05) is 38.1 Å². The molecule has 0 radical (unpaired) electrons. The lowest BCUT2D eigenvalue weighted by Crippen LogP contribution is -2.57. The van der Waals surface area contributed by atoms with Crippen LogP contribution < -0.4 is 26.6 Å². The molecule has 6 N–H and O–H groups in total. The van der Waals surface area contributed by atoms with E-state index in [1.807, 2.05) is 32.0 Å². The van der Waals surface area contributed by atoms with E-state index >= 15 is 0 Å². The average Bonchev–Trinajstić information content (AvgIpc) is 2.85. The number of carboxylic acid groups (broad SMARTS) is 1. The van der Waals surface area contributed by atoms with E-state index < -0.39 is 30.1 Å². The van der Waals surface area contributed by atoms with Crippen molar-refractivity contribution in [2.75, 3.05) is 13.6 Å². The molecule has 36 heavy (non-hydrogen) atoms. The molecule has 4 unspecified atom stereocenters. The van der Waals surface area contributed by atoms with Crippen molar-refractivity contribution in [2.45, 2.75) is 83.5 Å². The van der Waals surface area contributed by atoms with Gasteiger partial charge in [-0.2, -0.15) is 0 Å². The number of nitrogens with one attached hydrogen (secondary N) is 5. The SMILES string of the molecule is CNC(C)C(=O)NC(C(=O)NC(CCCCNC(=O)O)C(=O)NC1CCCc2ccccc21)C(C)C. The Morgan fingerprint density at radius 1 is 1.00 bits per heavy atom. The minimum absolute atomic E-state index is 0.132. The summed E-state index contributed by atoms with van der Waals surface area (Å²) in [5.74, 6) is -1.19. The zero-order valence-corrected chi connectivity index (χ0v) is 21.7. The van der Waals surface area contributed by atoms with E-state index in [2.05, 4.69) is 32.7 Å². The Morgan fingerprint density at radius 3 is 2.39 bits per heavy atom. The third-order valence-corrected chi connectivity index (χ3v) is 6.59. The zero-order chi connectivity index (χ0) is 26.7. The highest BCUT2D eigenvalue weighted by Crippen LogP contribution is 2.29. The van der Waals surface area contributed by atoms with Crippen LogP contribution in [0.3, 0.4) is 0 Å². The summed E-state index contributed by atoms with van der Waals surface area (Å²) in [6, 6.07) is 5.84. The molecule has 0 aromatic heterocycles. The number of carbonyl (C=O) groups is 4. The predicted octanol–water partition coefficient (Wildman–Crippen LogP) is 1.85. The van der Waals surface area contributed by atoms with E-state index in [0.717, 1.165) is 24.8 Å². The molecule has 0 bridgehead atoms. The van der Waals surface area contributed by atoms with E-state index in [4.69, 9.17) is 5.11 Å². The number of hydrogen-bond donors (Lipinski definition) is 6. The number of likely N-dealkylation sites (N-methyl/N-ethyl adjacent to an activating group) is 1. The Balaban J connectivity index is 2.11. The minimum Gasteiger partial charge on any atom is -0.465 e. The van der Waals surface area contributed by atoms with E-state index in [-0.39, 0.29) is 30.3 Å². The number of fused-ring (bicyclic) bond motifs is 1. The summed E-state index contributed by atoms with van der Waals surface area (Å²) in [6.07, 6.45) is 3.07. The summed E-state index contributed by atoms with van der Waals surface area (Å²) in [6.45, 7) is 5.63. The fourth-order valence-corrected chi connectivity index (χ4v) is 4.32. The summed E-state index contributed by atoms with van der Waals surface area (Å²) in [5.41, 5.74) is 2.32. The second-order valence-corrected chi connectivity index (χ2v) is 9.68. The fourth-order valence-electron chi connectivity index (χ4n) is 4.32. The molecule has 0 aliphatic heterocycles. The predicted molar refractivity (Wildman–Crippen MR) is 137 cm³/mol. The third-order valence-electron chi connectivity index (χ3n) is 6.59. The van der Waals surface area contributed by atoms with Crippen molar-refractivity contribution < 1.29 is 24.3 Å². The molecule has 1 aromatic carbocycles. The van der Waals surface area contributed by atoms with Crippen molar-refractivity contribution >= 4 is 23.8 Å². The summed E-state index contributed by atoms with van der Waals surface area (Å²) in [5, 5.41) is 22.7. The van der Waals surface area contributed by atoms with Crippen LogP contribution in [0.2, 0.25) is 0 Å². The number of benzene rings is 1. The van der Waals surface area contributed by atoms with Gasteiger partial charge in [-0.15, -0.1) is 0 Å². The van der Waals surface area contributed by atoms with Crippen molar-refractivity contribution in [1.29, 1.82) is 0 Å². The molecule has 200 valence electrons. The van der Waals surface area contributed by atoms with Gasteiger partial charge in [-0.3, -0.25) is 14.4 Å². The molecule has 10 heteroatoms. The van der Waals surface area contributed by atoms with Gasteiger partial charge in [0.05, 0.1) is 12.1 Å². The van der Waals surface area contributed by atoms with Crippen molar-refractivity contribution in [2.24, 2.45) is 5.92 Å². The Bertz CT molecular complexity index is 906. The second-order valence-electron chi connectivity index (χ2n) is 9.68. The van der Waals surface area contributed by atoms with Crippen LogP contribution in [0.5, 0.6) is 0 Å². The molecule has 4 atom stereocenters. The van der Waals surface area contributed by atoms with Gasteiger partial charge in [0.25, 0.3) is 0 Å². The van der Waals surface area contributed by atoms with Gasteiger partial charge in [0, 0.05) is 6.54 Å². The molecule has 4 amide bonds. The van der Waals surface area contributed by atoms with E-state index in [0.29, 0.717) is 19.3 Å². The van der Waals surface area contributed by atoms with Crippen LogP contribution in [-0.2, 0) is 20.8 Å². The van der Waals surface area contributed by atoms with Crippen LogP contribution in [0.25, 0.3) is 0 Å². The van der Waals surface area contributed by atoms with Crippen LogP contribution in [0, 0.1) is 5.92 Å². The van der Waals surface area contributed by atoms with E-state index in [1.54, 1.807) is 14.0 Å². The maximum atomic E-state index is 13.4. The maximum Gasteiger partial charge on any atom is 0.404 e. The van der Waals surface area contributed by atoms with E-state index in [1.165, 1.54) is 5.56 Å². The number of aryl methyl sites for hydroxylation is 1. The monoisotopic (exact) mass is 503 g/mol. The first-order chi connectivity index (χ1) is 17.1. The summed E-state index contributed by atoms with van der Waals surface area (Å²) < 4.78 is 0. The minimum atomic E-state index is -1.10. The molecular formula is C26H41N5O5. The Hall–Kier alpha value is -3.14. The Morgan fingerprint density at radius 2 is 1.72 bits per heavy atom. The molecule has 1 aliphatic rings. The normalized spacial score (nSPS) is 17.3. The third kappa shape index (κ3) is 8.82. The molecule has 2 rings (SSSR count). The molecule has 0 saturated heterocycles. The van der Waals surface area contributed by atoms with Gasteiger partial charge in [-0.25, -0.2) is 4.79 Å². The first-order valence-corrected chi connectivity index (χ1v) is 12.8. The first-order valence-electron chi connectivity index (χ1n) is 12.8. The smallest absolute Gasteiger partial charge is 0.404 e. The van der Waals surface area contributed by atoms with Crippen molar-refractivity contribution in [3.8, 4) is 0 Å². The fraction of sp³-hybridized carbons (Fsp3) is 0.615. The quantitative estimate of drug-likeness (QED) is 0.226. The van der Waals surface area contributed by atoms with Crippen molar-refractivity contribution in [1.82, 2.24) is 26.6 Å². The van der Waals surface area contributed by atoms with Crippen LogP contribution in [0.15, 0.2) is 24.3 Å². The molecule has 1 aromatic rings. The van der Waals surface area contributed by atoms with Gasteiger partial charge in [0.2, 0.25) is 17.7 Å². The lowest BCUT2D eigenvalue weighted by molar-refractivity contribution is -0.133. The Labute approximate surface area is 213 Å². The van der Waals surface area contributed by atoms with Crippen molar-refractivity contribution in [3.63, 3.8) is 0 Å². The molecule has 0 fully saturated rings. The number of unbranched alkanes of at least 4 members (excludes halogenated alkanes) is 1. The van der Waals surface area contributed by atoms with Crippen molar-refractivity contribution in [3.05, 3.63) is 35.4 Å². The molecule has 0 heterocycles. The maximum absolute atomic E-state index is 13.4. The number of carbonyl (C=O) groups excluding carboxylic acids is 3. The zero-order valence-electron chi connectivity index (χ0n) is 21.7. The van der Waals surface area contributed by atoms with Gasteiger partial charge in [-0.05, 0) is 69.5 Å². The summed E-state index contributed by atoms with van der Waals surface area (Å²) in [7, 11) is 1.66. The largest absolute Gasteiger partial charge is 0.465 e. The first kappa shape index (κ1) is 29.1. The Kier molecular flexibility index (Phi) is 11.7. The topological polar surface area (TPSA) is 149 Å². The average molecular weight is 504 g/mol. The molecule has 0 saturated carbocycles. The molecule has 10 nitrogen and oxygen atoms in total. The molecule has 0 spiro atoms. The number of hydrogen-bond acceptors (Lipinski definition) is 5. The number of amides is 4. The van der Waals surface area contributed by atoms with Crippen LogP contribution in [0.4, 0.5) is 4.79 Å². The van der Waals surface area contributed by atoms with Crippen LogP contribution in [0.1, 0.15) is 70.0 Å². The molecular weight excluding hydrogens is 462 g/mol. The molecule has 1 aliphatic carbocycles. The lowest BCUT2D eigenvalue weighted by atomic mass is 9.87. The highest BCUT2D eigenvalue weighted by molar-refractivity contribution is 5.93. The lowest BCUT2D eigenvalue weighted by Gasteiger charge is -2.30. The number of rotatable bonds is 13. The second kappa shape index (κ2) is 14.4. The highest BCUT2D eigenvalue weighted by Gasteiger charge is 2.31.